The summed E-state index contributed by atoms with van der Waals surface area (Å²) < 4.78 is 9.78. The van der Waals surface area contributed by atoms with Crippen molar-refractivity contribution in [1.82, 2.24) is 19.0 Å². The lowest BCUT2D eigenvalue weighted by molar-refractivity contribution is -0.146. The molecule has 2 aromatic heterocycles. The Morgan fingerprint density at radius 1 is 1.24 bits per heavy atom. The maximum atomic E-state index is 12.4. The van der Waals surface area contributed by atoms with Crippen molar-refractivity contribution in [3.8, 4) is 11.9 Å². The number of nitriles is 1. The van der Waals surface area contributed by atoms with Crippen LogP contribution in [0.15, 0.2) is 58.1 Å². The second kappa shape index (κ2) is 9.37. The predicted octanol–water partition coefficient (Wildman–Crippen LogP) is 3.85. The van der Waals surface area contributed by atoms with E-state index in [2.05, 4.69) is 25.9 Å². The molecular weight excluding hydrogens is 540 g/mol. The van der Waals surface area contributed by atoms with Crippen molar-refractivity contribution in [3.63, 3.8) is 0 Å². The molecule has 0 bridgehead atoms. The second-order valence-corrected chi connectivity index (χ2v) is 9.92. The number of imidazole rings is 1. The van der Waals surface area contributed by atoms with E-state index in [9.17, 15) is 20.0 Å². The van der Waals surface area contributed by atoms with Gasteiger partial charge in [0.1, 0.15) is 0 Å². The highest BCUT2D eigenvalue weighted by molar-refractivity contribution is 9.10. The topological polar surface area (TPSA) is 126 Å². The Balaban J connectivity index is 1.66. The molecule has 4 aromatic rings. The Morgan fingerprint density at radius 2 is 1.97 bits per heavy atom. The molecule has 2 aromatic carbocycles. The van der Waals surface area contributed by atoms with Crippen LogP contribution in [0.5, 0.6) is 0 Å². The highest BCUT2D eigenvalue weighted by Crippen LogP contribution is 2.39. The number of halogens is 1. The predicted molar refractivity (Wildman–Crippen MR) is 139 cm³/mol. The molecule has 37 heavy (non-hydrogen) atoms. The van der Waals surface area contributed by atoms with E-state index in [4.69, 9.17) is 4.74 Å². The number of benzene rings is 2. The highest BCUT2D eigenvalue weighted by atomic mass is 79.9. The molecule has 0 radical (unpaired) electrons. The maximum Gasteiger partial charge on any atom is 0.407 e. The number of amides is 1. The van der Waals surface area contributed by atoms with Crippen molar-refractivity contribution in [2.75, 3.05) is 19.7 Å². The lowest BCUT2D eigenvalue weighted by atomic mass is 9.71. The monoisotopic (exact) mass is 562 g/mol. The summed E-state index contributed by atoms with van der Waals surface area (Å²) in [7, 11) is 1.83. The van der Waals surface area contributed by atoms with Gasteiger partial charge < -0.3 is 19.3 Å². The van der Waals surface area contributed by atoms with E-state index in [1.165, 1.54) is 4.90 Å². The van der Waals surface area contributed by atoms with Gasteiger partial charge in [-0.15, -0.1) is 4.99 Å². The normalized spacial score (nSPS) is 15.0. The summed E-state index contributed by atoms with van der Waals surface area (Å²) in [5.74, 6) is -0.361. The summed E-state index contributed by atoms with van der Waals surface area (Å²) in [6.07, 6.45) is 2.73. The average Bonchev–Trinajstić information content (AvgIpc) is 3.13. The number of nitrogens with zero attached hydrogens (tertiary/aromatic N) is 6. The summed E-state index contributed by atoms with van der Waals surface area (Å²) in [4.78, 5) is 33.8. The Kier molecular flexibility index (Phi) is 6.21. The van der Waals surface area contributed by atoms with Gasteiger partial charge in [0.2, 0.25) is 11.8 Å². The number of pyridine rings is 1. The summed E-state index contributed by atoms with van der Waals surface area (Å²) >= 11 is 3.54. The third-order valence-electron chi connectivity index (χ3n) is 6.80. The van der Waals surface area contributed by atoms with Gasteiger partial charge in [0.25, 0.3) is 0 Å². The number of esters is 1. The van der Waals surface area contributed by atoms with Crippen LogP contribution in [0.3, 0.4) is 0 Å². The van der Waals surface area contributed by atoms with Crippen LogP contribution in [0.2, 0.25) is 0 Å². The third-order valence-corrected chi connectivity index (χ3v) is 7.29. The van der Waals surface area contributed by atoms with Crippen LogP contribution in [0.4, 0.5) is 4.79 Å². The number of rotatable bonds is 5. The zero-order valence-electron chi connectivity index (χ0n) is 20.2. The number of fused-ring (bicyclic) bond motifs is 3. The van der Waals surface area contributed by atoms with Gasteiger partial charge in [0.05, 0.1) is 35.8 Å². The molecule has 1 amide bonds. The van der Waals surface area contributed by atoms with Crippen LogP contribution in [0, 0.1) is 11.5 Å². The second-order valence-electron chi connectivity index (χ2n) is 9.01. The highest BCUT2D eigenvalue weighted by Gasteiger charge is 2.48. The van der Waals surface area contributed by atoms with Crippen molar-refractivity contribution < 1.29 is 19.4 Å². The molecule has 11 heteroatoms. The lowest BCUT2D eigenvalue weighted by Gasteiger charge is -2.48. The third kappa shape index (κ3) is 4.13. The molecule has 0 saturated carbocycles. The van der Waals surface area contributed by atoms with Crippen molar-refractivity contribution >= 4 is 49.9 Å². The summed E-state index contributed by atoms with van der Waals surface area (Å²) in [6, 6.07) is 13.4. The summed E-state index contributed by atoms with van der Waals surface area (Å²) in [6.45, 7) is 2.42. The molecule has 1 fully saturated rings. The number of likely N-dealkylation sites (tertiary alicyclic amines) is 1. The molecular formula is C26H23BrN6O4. The number of carboxylic acid groups (broad SMARTS) is 1. The van der Waals surface area contributed by atoms with Gasteiger partial charge in [0, 0.05) is 41.1 Å². The number of hydrogen-bond acceptors (Lipinski definition) is 6. The fraction of sp³-hybridized carbons (Fsp3) is 0.269. The number of hydrogen-bond donors (Lipinski definition) is 1. The van der Waals surface area contributed by atoms with Gasteiger partial charge in [-0.2, -0.15) is 5.26 Å². The Hall–Kier alpha value is -4.17. The Bertz CT molecular complexity index is 1660. The minimum Gasteiger partial charge on any atom is -0.466 e. The molecule has 3 heterocycles. The maximum absolute atomic E-state index is 12.4. The number of aryl methyl sites for hydroxylation is 1. The zero-order chi connectivity index (χ0) is 26.3. The number of aromatic nitrogens is 3. The van der Waals surface area contributed by atoms with Crippen LogP contribution >= 0.6 is 15.9 Å². The average molecular weight is 563 g/mol. The standard InChI is InChI=1S/C26H23BrN6O4/c1-3-37-22(34)11-26(13-32(14-26)25(35)36)16-4-7-18(8-5-16)33-23-19-10-17(27)6-9-20(19)29-12-21(23)31(2)24(33)30-15-28/h4-10,12H,3,11,13-14H2,1-2H3,(H,35,36). The molecule has 0 unspecified atom stereocenters. The quantitative estimate of drug-likeness (QED) is 0.291. The molecule has 0 atom stereocenters. The van der Waals surface area contributed by atoms with Crippen LogP contribution in [-0.2, 0) is 22.0 Å². The van der Waals surface area contributed by atoms with E-state index in [-0.39, 0.29) is 32.1 Å². The van der Waals surface area contributed by atoms with Crippen LogP contribution < -0.4 is 5.62 Å². The molecule has 0 aliphatic carbocycles. The summed E-state index contributed by atoms with van der Waals surface area (Å²) in [5.41, 5.74) is 3.82. The first-order valence-electron chi connectivity index (χ1n) is 11.6. The fourth-order valence-corrected chi connectivity index (χ4v) is 5.42. The summed E-state index contributed by atoms with van der Waals surface area (Å²) in [5, 5.41) is 19.7. The van der Waals surface area contributed by atoms with E-state index in [1.54, 1.807) is 13.1 Å². The van der Waals surface area contributed by atoms with E-state index >= 15 is 0 Å². The van der Waals surface area contributed by atoms with Crippen LogP contribution in [0.25, 0.3) is 27.6 Å². The lowest BCUT2D eigenvalue weighted by Crippen LogP contribution is -2.61. The fourth-order valence-electron chi connectivity index (χ4n) is 5.06. The first-order chi connectivity index (χ1) is 17.8. The Morgan fingerprint density at radius 3 is 2.62 bits per heavy atom. The van der Waals surface area contributed by atoms with Crippen molar-refractivity contribution in [2.24, 2.45) is 12.0 Å². The number of carbonyl (C=O) groups is 2. The SMILES string of the molecule is CCOC(=O)CC1(c2ccc(-n3c(=NC#N)n(C)c4cnc5ccc(Br)cc5c43)cc2)CN(C(=O)O)C1. The van der Waals surface area contributed by atoms with Gasteiger partial charge >= 0.3 is 12.1 Å². The van der Waals surface area contributed by atoms with E-state index in [0.717, 1.165) is 37.7 Å². The van der Waals surface area contributed by atoms with Crippen molar-refractivity contribution in [2.45, 2.75) is 18.8 Å². The van der Waals surface area contributed by atoms with E-state index in [0.29, 0.717) is 5.62 Å². The first-order valence-corrected chi connectivity index (χ1v) is 12.4. The van der Waals surface area contributed by atoms with E-state index in [1.807, 2.05) is 64.8 Å². The van der Waals surface area contributed by atoms with Crippen molar-refractivity contribution in [1.29, 1.82) is 5.26 Å². The first kappa shape index (κ1) is 24.5. The minimum atomic E-state index is -1.02. The smallest absolute Gasteiger partial charge is 0.407 e. The van der Waals surface area contributed by atoms with Gasteiger partial charge in [-0.25, -0.2) is 4.79 Å². The molecule has 1 aliphatic heterocycles. The van der Waals surface area contributed by atoms with Crippen LogP contribution in [-0.4, -0.2) is 55.9 Å². The largest absolute Gasteiger partial charge is 0.466 e. The molecule has 10 nitrogen and oxygen atoms in total. The molecule has 0 spiro atoms. The van der Waals surface area contributed by atoms with Gasteiger partial charge in [0.15, 0.2) is 0 Å². The van der Waals surface area contributed by atoms with E-state index < -0.39 is 11.5 Å². The number of carbonyl (C=O) groups excluding carboxylic acids is 1. The molecule has 1 N–H and O–H groups in total. The molecule has 5 rings (SSSR count). The number of ether oxygens (including phenoxy) is 1. The molecule has 1 saturated heterocycles. The molecule has 188 valence electrons. The Labute approximate surface area is 220 Å². The minimum absolute atomic E-state index is 0.0880. The van der Waals surface area contributed by atoms with Crippen molar-refractivity contribution in [3.05, 3.63) is 64.3 Å². The van der Waals surface area contributed by atoms with Gasteiger partial charge in [-0.3, -0.25) is 14.3 Å². The molecule has 1 aliphatic rings. The van der Waals surface area contributed by atoms with Gasteiger partial charge in [-0.05, 0) is 42.8 Å². The van der Waals surface area contributed by atoms with Crippen LogP contribution in [0.1, 0.15) is 18.9 Å². The zero-order valence-corrected chi connectivity index (χ0v) is 21.8. The van der Waals surface area contributed by atoms with Gasteiger partial charge in [-0.1, -0.05) is 28.1 Å².